The van der Waals surface area contributed by atoms with Gasteiger partial charge in [0.15, 0.2) is 16.1 Å². The average molecular weight is 432 g/mol. The molecular weight excluding hydrogens is 413 g/mol. The van der Waals surface area contributed by atoms with Gasteiger partial charge in [-0.25, -0.2) is 14.8 Å². The van der Waals surface area contributed by atoms with E-state index in [-0.39, 0.29) is 28.0 Å². The number of aromatic nitrogens is 3. The summed E-state index contributed by atoms with van der Waals surface area (Å²) in [5.74, 6) is -1.16. The number of imidazole rings is 1. The van der Waals surface area contributed by atoms with Crippen LogP contribution in [-0.4, -0.2) is 56.4 Å². The number of aromatic amines is 1. The molecular formula is C16H19Cl2N5O3S. The number of carboxylic acid groups (broad SMARTS) is 1. The molecule has 1 aliphatic heterocycles. The van der Waals surface area contributed by atoms with Gasteiger partial charge < -0.3 is 20.3 Å². The number of piperidine rings is 1. The first kappa shape index (κ1) is 19.9. The number of carbonyl (C=O) groups excluding carboxylic acids is 1. The lowest BCUT2D eigenvalue weighted by Crippen LogP contribution is -2.52. The number of anilines is 1. The van der Waals surface area contributed by atoms with Gasteiger partial charge in [-0.1, -0.05) is 29.9 Å². The highest BCUT2D eigenvalue weighted by Gasteiger charge is 2.32. The molecule has 0 saturated carbocycles. The molecule has 146 valence electrons. The Morgan fingerprint density at radius 2 is 2.19 bits per heavy atom. The number of nitrogens with zero attached hydrogens (tertiary/aromatic N) is 3. The molecule has 0 spiro atoms. The van der Waals surface area contributed by atoms with Gasteiger partial charge in [0.2, 0.25) is 0 Å². The molecule has 2 aromatic heterocycles. The molecule has 11 heteroatoms. The van der Waals surface area contributed by atoms with Crippen molar-refractivity contribution in [2.45, 2.75) is 38.1 Å². The summed E-state index contributed by atoms with van der Waals surface area (Å²) in [6.07, 6.45) is 1.26. The number of aromatic carboxylic acids is 1. The monoisotopic (exact) mass is 431 g/mol. The zero-order valence-corrected chi connectivity index (χ0v) is 17.1. The van der Waals surface area contributed by atoms with Crippen molar-refractivity contribution >= 4 is 51.5 Å². The van der Waals surface area contributed by atoms with Crippen molar-refractivity contribution in [2.24, 2.45) is 0 Å². The Hall–Kier alpha value is -1.84. The molecule has 1 amide bonds. The number of amides is 1. The highest BCUT2D eigenvalue weighted by atomic mass is 35.5. The second kappa shape index (κ2) is 8.04. The van der Waals surface area contributed by atoms with Gasteiger partial charge in [-0.15, -0.1) is 11.6 Å². The minimum atomic E-state index is -0.982. The molecule has 3 N–H and O–H groups in total. The summed E-state index contributed by atoms with van der Waals surface area (Å²) in [6, 6.07) is -0.232. The predicted molar refractivity (Wildman–Crippen MR) is 105 cm³/mol. The van der Waals surface area contributed by atoms with Gasteiger partial charge in [0.25, 0.3) is 5.91 Å². The van der Waals surface area contributed by atoms with Crippen LogP contribution < -0.4 is 10.2 Å². The van der Waals surface area contributed by atoms with E-state index in [0.29, 0.717) is 47.6 Å². The first-order valence-corrected chi connectivity index (χ1v) is 10.1. The quantitative estimate of drug-likeness (QED) is 0.627. The topological polar surface area (TPSA) is 111 Å². The smallest absolute Gasteiger partial charge is 0.347 e. The number of hydrogen-bond donors (Lipinski definition) is 3. The van der Waals surface area contributed by atoms with Gasteiger partial charge in [-0.3, -0.25) is 4.79 Å². The number of H-pyrrole nitrogens is 1. The summed E-state index contributed by atoms with van der Waals surface area (Å²) in [7, 11) is 0. The first-order chi connectivity index (χ1) is 12.8. The summed E-state index contributed by atoms with van der Waals surface area (Å²) >= 11 is 13.6. The largest absolute Gasteiger partial charge is 0.477 e. The fourth-order valence-electron chi connectivity index (χ4n) is 2.92. The van der Waals surface area contributed by atoms with Gasteiger partial charge >= 0.3 is 5.97 Å². The molecule has 27 heavy (non-hydrogen) atoms. The van der Waals surface area contributed by atoms with E-state index in [1.54, 1.807) is 6.92 Å². The SMILES string of the molecule is CCc1[nH]c(C(=O)NC2CCN(c3nc(C)c(C(=O)O)s3)CC2Cl)nc1Cl. The van der Waals surface area contributed by atoms with Crippen LogP contribution in [0, 0.1) is 6.92 Å². The van der Waals surface area contributed by atoms with Crippen LogP contribution in [0.25, 0.3) is 0 Å². The van der Waals surface area contributed by atoms with E-state index in [0.717, 1.165) is 11.3 Å². The first-order valence-electron chi connectivity index (χ1n) is 8.45. The number of rotatable bonds is 5. The molecule has 3 heterocycles. The Kier molecular flexibility index (Phi) is 5.92. The van der Waals surface area contributed by atoms with Gasteiger partial charge in [0.05, 0.1) is 16.8 Å². The predicted octanol–water partition coefficient (Wildman–Crippen LogP) is 2.70. The normalized spacial score (nSPS) is 19.9. The maximum Gasteiger partial charge on any atom is 0.347 e. The van der Waals surface area contributed by atoms with E-state index < -0.39 is 5.97 Å². The van der Waals surface area contributed by atoms with Gasteiger partial charge in [-0.2, -0.15) is 0 Å². The molecule has 1 saturated heterocycles. The van der Waals surface area contributed by atoms with E-state index in [9.17, 15) is 14.7 Å². The van der Waals surface area contributed by atoms with E-state index in [4.69, 9.17) is 23.2 Å². The Morgan fingerprint density at radius 3 is 2.74 bits per heavy atom. The van der Waals surface area contributed by atoms with E-state index in [1.807, 2.05) is 11.8 Å². The second-order valence-corrected chi connectivity index (χ2v) is 8.15. The zero-order valence-electron chi connectivity index (χ0n) is 14.8. The van der Waals surface area contributed by atoms with Crippen LogP contribution in [0.4, 0.5) is 5.13 Å². The van der Waals surface area contributed by atoms with E-state index in [2.05, 4.69) is 20.3 Å². The van der Waals surface area contributed by atoms with Crippen molar-refractivity contribution in [3.8, 4) is 0 Å². The number of carbonyl (C=O) groups is 2. The molecule has 0 radical (unpaired) electrons. The number of alkyl halides is 1. The molecule has 2 atom stereocenters. The van der Waals surface area contributed by atoms with Crippen molar-refractivity contribution in [1.29, 1.82) is 0 Å². The summed E-state index contributed by atoms with van der Waals surface area (Å²) in [4.78, 5) is 37.1. The number of nitrogens with one attached hydrogen (secondary N) is 2. The number of carboxylic acids is 1. The van der Waals surface area contributed by atoms with E-state index in [1.165, 1.54) is 0 Å². The molecule has 2 unspecified atom stereocenters. The molecule has 2 aromatic rings. The fourth-order valence-corrected chi connectivity index (χ4v) is 4.49. The van der Waals surface area contributed by atoms with Crippen LogP contribution in [0.1, 0.15) is 45.0 Å². The maximum atomic E-state index is 12.4. The third-order valence-corrected chi connectivity index (χ3v) is 6.37. The molecule has 0 aromatic carbocycles. The van der Waals surface area contributed by atoms with Crippen LogP contribution in [0.15, 0.2) is 0 Å². The maximum absolute atomic E-state index is 12.4. The molecule has 1 fully saturated rings. The van der Waals surface area contributed by atoms with Crippen LogP contribution in [0.3, 0.4) is 0 Å². The van der Waals surface area contributed by atoms with Crippen LogP contribution in [0.5, 0.6) is 0 Å². The van der Waals surface area contributed by atoms with Crippen molar-refractivity contribution in [3.05, 3.63) is 27.2 Å². The second-order valence-electron chi connectivity index (χ2n) is 6.26. The van der Waals surface area contributed by atoms with Crippen LogP contribution >= 0.6 is 34.5 Å². The number of aryl methyl sites for hydroxylation is 2. The van der Waals surface area contributed by atoms with Crippen molar-refractivity contribution in [2.75, 3.05) is 18.0 Å². The Morgan fingerprint density at radius 1 is 1.44 bits per heavy atom. The minimum absolute atomic E-state index is 0.171. The fraction of sp³-hybridized carbons (Fsp3) is 0.500. The Balaban J connectivity index is 1.63. The summed E-state index contributed by atoms with van der Waals surface area (Å²) in [5, 5.41) is 12.7. The summed E-state index contributed by atoms with van der Waals surface area (Å²) in [5.41, 5.74) is 1.21. The third-order valence-electron chi connectivity index (χ3n) is 4.40. The number of halogens is 2. The standard InChI is InChI=1S/C16H19Cl2N5O3S/c1-3-9-12(18)22-13(20-9)14(24)21-10-4-5-23(6-8(10)17)16-19-7(2)11(27-16)15(25)26/h8,10H,3-6H2,1-2H3,(H,20,22)(H,21,24)(H,25,26). The van der Waals surface area contributed by atoms with Crippen LogP contribution in [0.2, 0.25) is 5.15 Å². The summed E-state index contributed by atoms with van der Waals surface area (Å²) < 4.78 is 0. The molecule has 1 aliphatic rings. The van der Waals surface area contributed by atoms with Gasteiger partial charge in [-0.05, 0) is 19.8 Å². The lowest BCUT2D eigenvalue weighted by Gasteiger charge is -2.35. The van der Waals surface area contributed by atoms with Crippen molar-refractivity contribution in [1.82, 2.24) is 20.3 Å². The lowest BCUT2D eigenvalue weighted by atomic mass is 10.0. The minimum Gasteiger partial charge on any atom is -0.477 e. The highest BCUT2D eigenvalue weighted by Crippen LogP contribution is 2.29. The van der Waals surface area contributed by atoms with Crippen molar-refractivity contribution in [3.63, 3.8) is 0 Å². The lowest BCUT2D eigenvalue weighted by molar-refractivity contribution is 0.0700. The number of hydrogen-bond acceptors (Lipinski definition) is 6. The molecule has 8 nitrogen and oxygen atoms in total. The number of thiazole rings is 1. The Labute approximate surface area is 169 Å². The van der Waals surface area contributed by atoms with Crippen LogP contribution in [-0.2, 0) is 6.42 Å². The Bertz CT molecular complexity index is 868. The van der Waals surface area contributed by atoms with Gasteiger partial charge in [0.1, 0.15) is 4.88 Å². The highest BCUT2D eigenvalue weighted by molar-refractivity contribution is 7.17. The molecule has 0 aliphatic carbocycles. The van der Waals surface area contributed by atoms with Crippen molar-refractivity contribution < 1.29 is 14.7 Å². The van der Waals surface area contributed by atoms with Gasteiger partial charge in [0, 0.05) is 19.1 Å². The molecule has 0 bridgehead atoms. The molecule has 3 rings (SSSR count). The zero-order chi connectivity index (χ0) is 19.7. The summed E-state index contributed by atoms with van der Waals surface area (Å²) in [6.45, 7) is 4.66. The van der Waals surface area contributed by atoms with E-state index >= 15 is 0 Å². The third kappa shape index (κ3) is 4.20. The average Bonchev–Trinajstić information content (AvgIpc) is 3.19.